The van der Waals surface area contributed by atoms with Crippen LogP contribution in [0.1, 0.15) is 80.6 Å². The van der Waals surface area contributed by atoms with Crippen LogP contribution in [-0.4, -0.2) is 69.8 Å². The summed E-state index contributed by atoms with van der Waals surface area (Å²) in [6.07, 6.45) is 9.94. The standard InChI is InChI=1S/C29H51NO6Si/c1-21(10-13-24-16-29(20-34-29)19-28(6,7)35-24)11-15-26-32-17-23(18-33-26)30-25(31)14-12-22(2)36-37(8,9)27(3,4)5/h10-11,13,22-24,26H,12,14-20H2,1-9H3,(H,30,31). The maximum atomic E-state index is 12.5. The molecule has 3 heterocycles. The van der Waals surface area contributed by atoms with E-state index in [0.29, 0.717) is 32.5 Å². The lowest BCUT2D eigenvalue weighted by atomic mass is 9.85. The fourth-order valence-corrected chi connectivity index (χ4v) is 6.36. The van der Waals surface area contributed by atoms with Crippen molar-refractivity contribution >= 4 is 14.2 Å². The largest absolute Gasteiger partial charge is 0.414 e. The molecule has 1 amide bonds. The first-order valence-corrected chi connectivity index (χ1v) is 16.9. The van der Waals surface area contributed by atoms with Crippen molar-refractivity contribution in [1.29, 1.82) is 0 Å². The maximum absolute atomic E-state index is 12.5. The van der Waals surface area contributed by atoms with Crippen molar-refractivity contribution in [2.24, 2.45) is 0 Å². The third-order valence-electron chi connectivity index (χ3n) is 7.96. The van der Waals surface area contributed by atoms with E-state index in [1.54, 1.807) is 0 Å². The van der Waals surface area contributed by atoms with Crippen LogP contribution >= 0.6 is 0 Å². The number of hydrogen-bond acceptors (Lipinski definition) is 6. The topological polar surface area (TPSA) is 78.5 Å². The molecule has 1 spiro atoms. The normalized spacial score (nSPS) is 31.5. The summed E-state index contributed by atoms with van der Waals surface area (Å²) in [6, 6.07) is -0.117. The lowest BCUT2D eigenvalue weighted by Gasteiger charge is -2.38. The molecular weight excluding hydrogens is 486 g/mol. The van der Waals surface area contributed by atoms with E-state index in [-0.39, 0.29) is 46.7 Å². The van der Waals surface area contributed by atoms with E-state index >= 15 is 0 Å². The van der Waals surface area contributed by atoms with Crippen molar-refractivity contribution in [1.82, 2.24) is 5.32 Å². The number of rotatable bonds is 10. The quantitative estimate of drug-likeness (QED) is 0.220. The highest BCUT2D eigenvalue weighted by Crippen LogP contribution is 2.46. The van der Waals surface area contributed by atoms with E-state index in [2.05, 4.69) is 85.1 Å². The van der Waals surface area contributed by atoms with Crippen LogP contribution in [0.2, 0.25) is 18.1 Å². The molecule has 37 heavy (non-hydrogen) atoms. The van der Waals surface area contributed by atoms with Gasteiger partial charge in [0.1, 0.15) is 0 Å². The molecule has 0 aromatic carbocycles. The van der Waals surface area contributed by atoms with E-state index in [4.69, 9.17) is 23.4 Å². The Morgan fingerprint density at radius 1 is 1.22 bits per heavy atom. The van der Waals surface area contributed by atoms with Gasteiger partial charge in [0.05, 0.1) is 43.2 Å². The summed E-state index contributed by atoms with van der Waals surface area (Å²) in [6.45, 7) is 21.4. The second kappa shape index (κ2) is 12.0. The zero-order valence-corrected chi connectivity index (χ0v) is 25.6. The third-order valence-corrected chi connectivity index (χ3v) is 12.6. The van der Waals surface area contributed by atoms with Crippen LogP contribution in [0.25, 0.3) is 0 Å². The lowest BCUT2D eigenvalue weighted by Crippen LogP contribution is -2.47. The predicted molar refractivity (Wildman–Crippen MR) is 149 cm³/mol. The van der Waals surface area contributed by atoms with Gasteiger partial charge in [0.15, 0.2) is 14.6 Å². The Bertz CT molecular complexity index is 828. The summed E-state index contributed by atoms with van der Waals surface area (Å²) in [4.78, 5) is 12.5. The predicted octanol–water partition coefficient (Wildman–Crippen LogP) is 5.65. The summed E-state index contributed by atoms with van der Waals surface area (Å²) >= 11 is 0. The molecule has 8 heteroatoms. The first-order chi connectivity index (χ1) is 17.1. The minimum absolute atomic E-state index is 0.0219. The second-order valence-corrected chi connectivity index (χ2v) is 18.2. The van der Waals surface area contributed by atoms with Crippen molar-refractivity contribution < 1.29 is 28.2 Å². The van der Waals surface area contributed by atoms with Gasteiger partial charge < -0.3 is 28.7 Å². The van der Waals surface area contributed by atoms with Gasteiger partial charge in [-0.05, 0) is 52.2 Å². The van der Waals surface area contributed by atoms with Gasteiger partial charge in [0.25, 0.3) is 0 Å². The second-order valence-electron chi connectivity index (χ2n) is 13.4. The van der Waals surface area contributed by atoms with Crippen molar-refractivity contribution in [2.45, 2.75) is 134 Å². The number of hydrogen-bond donors (Lipinski definition) is 1. The van der Waals surface area contributed by atoms with Gasteiger partial charge in [-0.2, -0.15) is 0 Å². The Labute approximate surface area is 225 Å². The molecule has 3 saturated heterocycles. The highest BCUT2D eigenvalue weighted by molar-refractivity contribution is 6.74. The van der Waals surface area contributed by atoms with Gasteiger partial charge in [0, 0.05) is 31.8 Å². The van der Waals surface area contributed by atoms with Gasteiger partial charge in [-0.3, -0.25) is 4.79 Å². The smallest absolute Gasteiger partial charge is 0.220 e. The van der Waals surface area contributed by atoms with Crippen molar-refractivity contribution in [3.63, 3.8) is 0 Å². The van der Waals surface area contributed by atoms with Gasteiger partial charge in [-0.1, -0.05) is 44.6 Å². The first-order valence-electron chi connectivity index (χ1n) is 14.0. The molecule has 3 rings (SSSR count). The SMILES string of the molecule is CC(C=CC1CC2(CO2)CC(C)(C)O1)=CCC1OCC(NC(=O)CCC(C)O[Si](C)(C)C(C)(C)C)CO1. The molecule has 7 nitrogen and oxygen atoms in total. The molecule has 3 aliphatic heterocycles. The summed E-state index contributed by atoms with van der Waals surface area (Å²) in [7, 11) is -1.82. The molecule has 3 unspecified atom stereocenters. The van der Waals surface area contributed by atoms with Crippen molar-refractivity contribution in [3.8, 4) is 0 Å². The highest BCUT2D eigenvalue weighted by atomic mass is 28.4. The number of carbonyl (C=O) groups is 1. The molecule has 212 valence electrons. The van der Waals surface area contributed by atoms with E-state index in [9.17, 15) is 4.79 Å². The molecule has 0 aromatic rings. The zero-order valence-electron chi connectivity index (χ0n) is 24.6. The maximum Gasteiger partial charge on any atom is 0.220 e. The number of amides is 1. The minimum atomic E-state index is -1.82. The molecule has 0 radical (unpaired) electrons. The van der Waals surface area contributed by atoms with E-state index in [1.165, 1.54) is 0 Å². The summed E-state index contributed by atoms with van der Waals surface area (Å²) in [5.41, 5.74) is 1.02. The van der Waals surface area contributed by atoms with Crippen LogP contribution in [0, 0.1) is 0 Å². The van der Waals surface area contributed by atoms with Crippen molar-refractivity contribution in [2.75, 3.05) is 19.8 Å². The van der Waals surface area contributed by atoms with E-state index in [0.717, 1.165) is 25.0 Å². The zero-order chi connectivity index (χ0) is 27.5. The molecule has 0 aliphatic carbocycles. The monoisotopic (exact) mass is 537 g/mol. The molecule has 0 saturated carbocycles. The Balaban J connectivity index is 1.33. The average Bonchev–Trinajstić information content (AvgIpc) is 3.51. The molecule has 1 N–H and O–H groups in total. The van der Waals surface area contributed by atoms with Crippen LogP contribution < -0.4 is 5.32 Å². The summed E-state index contributed by atoms with van der Waals surface area (Å²) in [5, 5.41) is 3.21. The Morgan fingerprint density at radius 2 is 1.86 bits per heavy atom. The van der Waals surface area contributed by atoms with Gasteiger partial charge in [0.2, 0.25) is 5.91 Å². The number of carbonyl (C=O) groups excluding carboxylic acids is 1. The third kappa shape index (κ3) is 9.58. The fraction of sp³-hybridized carbons (Fsp3) is 0.828. The number of epoxide rings is 1. The molecule has 3 fully saturated rings. The number of nitrogens with one attached hydrogen (secondary N) is 1. The van der Waals surface area contributed by atoms with Crippen LogP contribution in [-0.2, 0) is 28.2 Å². The summed E-state index contributed by atoms with van der Waals surface area (Å²) < 4.78 is 30.0. The Morgan fingerprint density at radius 3 is 2.46 bits per heavy atom. The minimum Gasteiger partial charge on any atom is -0.414 e. The first kappa shape index (κ1) is 30.5. The number of ether oxygens (including phenoxy) is 4. The summed E-state index contributed by atoms with van der Waals surface area (Å²) in [5.74, 6) is 0.0219. The molecular formula is C29H51NO6Si. The van der Waals surface area contributed by atoms with Crippen LogP contribution in [0.15, 0.2) is 23.8 Å². The van der Waals surface area contributed by atoms with Crippen LogP contribution in [0.5, 0.6) is 0 Å². The van der Waals surface area contributed by atoms with Gasteiger partial charge >= 0.3 is 0 Å². The van der Waals surface area contributed by atoms with E-state index in [1.807, 2.05) is 0 Å². The molecule has 3 aliphatic rings. The fourth-order valence-electron chi connectivity index (χ4n) is 4.88. The van der Waals surface area contributed by atoms with Crippen LogP contribution in [0.3, 0.4) is 0 Å². The molecule has 0 aromatic heterocycles. The van der Waals surface area contributed by atoms with Gasteiger partial charge in [-0.15, -0.1) is 0 Å². The Hall–Kier alpha value is -1.03. The van der Waals surface area contributed by atoms with Gasteiger partial charge in [-0.25, -0.2) is 0 Å². The molecule has 3 atom stereocenters. The average molecular weight is 538 g/mol. The molecule has 0 bridgehead atoms. The van der Waals surface area contributed by atoms with Crippen molar-refractivity contribution in [3.05, 3.63) is 23.8 Å². The van der Waals surface area contributed by atoms with Crippen LogP contribution in [0.4, 0.5) is 0 Å². The van der Waals surface area contributed by atoms with E-state index < -0.39 is 8.32 Å². The number of allylic oxidation sites excluding steroid dienone is 2. The lowest BCUT2D eigenvalue weighted by molar-refractivity contribution is -0.188. The Kier molecular flexibility index (Phi) is 9.90. The highest BCUT2D eigenvalue weighted by Gasteiger charge is 2.53.